The van der Waals surface area contributed by atoms with E-state index in [-0.39, 0.29) is 0 Å². The lowest BCUT2D eigenvalue weighted by atomic mass is 10.1. The van der Waals surface area contributed by atoms with Crippen molar-refractivity contribution in [3.05, 3.63) is 30.3 Å². The van der Waals surface area contributed by atoms with Crippen molar-refractivity contribution in [1.29, 1.82) is 0 Å². The Labute approximate surface area is 96.5 Å². The number of thiazole rings is 1. The third kappa shape index (κ3) is 1.23. The van der Waals surface area contributed by atoms with Crippen molar-refractivity contribution >= 4 is 37.5 Å². The lowest BCUT2D eigenvalue weighted by molar-refractivity contribution is 0.420. The van der Waals surface area contributed by atoms with Crippen molar-refractivity contribution < 1.29 is 4.74 Å². The quantitative estimate of drug-likeness (QED) is 0.699. The van der Waals surface area contributed by atoms with Gasteiger partial charge in [0.2, 0.25) is 0 Å². The molecule has 0 aliphatic rings. The molecule has 1 heterocycles. The summed E-state index contributed by atoms with van der Waals surface area (Å²) in [6.45, 7) is 0. The van der Waals surface area contributed by atoms with E-state index in [0.29, 0.717) is 5.13 Å². The standard InChI is InChI=1S/C12H10N2OS/c1-15-9-6-10-11(14-12(13)16-10)8-5-3-2-4-7(8)9/h2-6H,1H3,(H2,13,14). The number of aromatic nitrogens is 1. The average Bonchev–Trinajstić information content (AvgIpc) is 2.68. The van der Waals surface area contributed by atoms with Crippen LogP contribution >= 0.6 is 11.3 Å². The number of ether oxygens (including phenoxy) is 1. The fraction of sp³-hybridized carbons (Fsp3) is 0.0833. The molecule has 0 bridgehead atoms. The molecule has 0 amide bonds. The summed E-state index contributed by atoms with van der Waals surface area (Å²) >= 11 is 1.48. The molecule has 3 aromatic rings. The highest BCUT2D eigenvalue weighted by Gasteiger charge is 2.09. The molecule has 80 valence electrons. The first-order valence-electron chi connectivity index (χ1n) is 4.91. The first-order chi connectivity index (χ1) is 7.79. The van der Waals surface area contributed by atoms with Crippen LogP contribution < -0.4 is 10.5 Å². The number of rotatable bonds is 1. The molecule has 0 saturated heterocycles. The van der Waals surface area contributed by atoms with Gasteiger partial charge in [-0.05, 0) is 0 Å². The maximum atomic E-state index is 5.74. The smallest absolute Gasteiger partial charge is 0.181 e. The Bertz CT molecular complexity index is 675. The molecule has 0 saturated carbocycles. The van der Waals surface area contributed by atoms with Crippen LogP contribution in [-0.2, 0) is 0 Å². The van der Waals surface area contributed by atoms with Crippen LogP contribution in [0, 0.1) is 0 Å². The van der Waals surface area contributed by atoms with Gasteiger partial charge in [-0.1, -0.05) is 35.6 Å². The summed E-state index contributed by atoms with van der Waals surface area (Å²) in [5.74, 6) is 0.867. The number of hydrogen-bond acceptors (Lipinski definition) is 4. The van der Waals surface area contributed by atoms with E-state index in [1.807, 2.05) is 30.3 Å². The summed E-state index contributed by atoms with van der Waals surface area (Å²) in [5, 5.41) is 2.75. The molecule has 3 nitrogen and oxygen atoms in total. The monoisotopic (exact) mass is 230 g/mol. The number of nitrogen functional groups attached to an aromatic ring is 1. The van der Waals surface area contributed by atoms with Gasteiger partial charge in [-0.25, -0.2) is 4.98 Å². The normalized spacial score (nSPS) is 11.1. The maximum absolute atomic E-state index is 5.74. The van der Waals surface area contributed by atoms with Gasteiger partial charge >= 0.3 is 0 Å². The molecule has 0 atom stereocenters. The molecule has 0 fully saturated rings. The van der Waals surface area contributed by atoms with Gasteiger partial charge in [0.05, 0.1) is 17.3 Å². The van der Waals surface area contributed by atoms with E-state index in [9.17, 15) is 0 Å². The van der Waals surface area contributed by atoms with E-state index in [1.165, 1.54) is 11.3 Å². The first kappa shape index (κ1) is 9.42. The van der Waals surface area contributed by atoms with Gasteiger partial charge in [0.25, 0.3) is 0 Å². The van der Waals surface area contributed by atoms with Crippen molar-refractivity contribution in [3.63, 3.8) is 0 Å². The number of nitrogens with zero attached hydrogens (tertiary/aromatic N) is 1. The van der Waals surface area contributed by atoms with Gasteiger partial charge in [0, 0.05) is 16.8 Å². The first-order valence-corrected chi connectivity index (χ1v) is 5.73. The molecule has 0 unspecified atom stereocenters. The van der Waals surface area contributed by atoms with Crippen molar-refractivity contribution in [2.24, 2.45) is 0 Å². The van der Waals surface area contributed by atoms with E-state index in [2.05, 4.69) is 4.98 Å². The van der Waals surface area contributed by atoms with Crippen LogP contribution in [0.5, 0.6) is 5.75 Å². The van der Waals surface area contributed by atoms with E-state index >= 15 is 0 Å². The summed E-state index contributed by atoms with van der Waals surface area (Å²) in [6, 6.07) is 10.1. The number of methoxy groups -OCH3 is 1. The molecular weight excluding hydrogens is 220 g/mol. The molecular formula is C12H10N2OS. The Morgan fingerprint density at radius 1 is 1.25 bits per heavy atom. The third-order valence-corrected chi connectivity index (χ3v) is 3.43. The Balaban J connectivity index is 2.56. The molecule has 2 N–H and O–H groups in total. The summed E-state index contributed by atoms with van der Waals surface area (Å²) in [7, 11) is 1.68. The lowest BCUT2D eigenvalue weighted by Crippen LogP contribution is -1.85. The van der Waals surface area contributed by atoms with Gasteiger partial charge in [-0.15, -0.1) is 0 Å². The topological polar surface area (TPSA) is 48.1 Å². The SMILES string of the molecule is COc1cc2sc(N)nc2c2ccccc12. The zero-order chi connectivity index (χ0) is 11.1. The number of hydrogen-bond donors (Lipinski definition) is 1. The van der Waals surface area contributed by atoms with Crippen molar-refractivity contribution in [1.82, 2.24) is 4.98 Å². The van der Waals surface area contributed by atoms with Gasteiger partial charge in [-0.3, -0.25) is 0 Å². The molecule has 4 heteroatoms. The summed E-state index contributed by atoms with van der Waals surface area (Å²) < 4.78 is 6.45. The highest BCUT2D eigenvalue weighted by Crippen LogP contribution is 2.36. The Morgan fingerprint density at radius 3 is 2.75 bits per heavy atom. The van der Waals surface area contributed by atoms with Crippen LogP contribution in [0.25, 0.3) is 21.0 Å². The van der Waals surface area contributed by atoms with Crippen LogP contribution in [0.3, 0.4) is 0 Å². The minimum absolute atomic E-state index is 0.591. The fourth-order valence-corrected chi connectivity index (χ4v) is 2.69. The van der Waals surface area contributed by atoms with Crippen molar-refractivity contribution in [3.8, 4) is 5.75 Å². The molecule has 0 radical (unpaired) electrons. The molecule has 0 aliphatic heterocycles. The fourth-order valence-electron chi connectivity index (χ4n) is 1.91. The molecule has 3 rings (SSSR count). The zero-order valence-electron chi connectivity index (χ0n) is 8.73. The summed E-state index contributed by atoms with van der Waals surface area (Å²) in [4.78, 5) is 4.36. The van der Waals surface area contributed by atoms with Gasteiger partial charge in [0.1, 0.15) is 5.75 Å². The Morgan fingerprint density at radius 2 is 2.00 bits per heavy atom. The van der Waals surface area contributed by atoms with Crippen LogP contribution in [0.15, 0.2) is 30.3 Å². The van der Waals surface area contributed by atoms with Gasteiger partial charge in [-0.2, -0.15) is 0 Å². The molecule has 16 heavy (non-hydrogen) atoms. The van der Waals surface area contributed by atoms with Crippen LogP contribution in [0.2, 0.25) is 0 Å². The third-order valence-electron chi connectivity index (χ3n) is 2.60. The van der Waals surface area contributed by atoms with E-state index in [0.717, 1.165) is 26.7 Å². The summed E-state index contributed by atoms with van der Waals surface area (Å²) in [5.41, 5.74) is 6.70. The predicted octanol–water partition coefficient (Wildman–Crippen LogP) is 3.04. The van der Waals surface area contributed by atoms with Gasteiger partial charge < -0.3 is 10.5 Å². The van der Waals surface area contributed by atoms with E-state index in [4.69, 9.17) is 10.5 Å². The second-order valence-corrected chi connectivity index (χ2v) is 4.59. The lowest BCUT2D eigenvalue weighted by Gasteiger charge is -2.05. The van der Waals surface area contributed by atoms with Gasteiger partial charge in [0.15, 0.2) is 5.13 Å². The number of anilines is 1. The van der Waals surface area contributed by atoms with Crippen LogP contribution in [-0.4, -0.2) is 12.1 Å². The minimum Gasteiger partial charge on any atom is -0.496 e. The highest BCUT2D eigenvalue weighted by atomic mass is 32.1. The highest BCUT2D eigenvalue weighted by molar-refractivity contribution is 7.22. The van der Waals surface area contributed by atoms with Crippen LogP contribution in [0.4, 0.5) is 5.13 Å². The largest absolute Gasteiger partial charge is 0.496 e. The van der Waals surface area contributed by atoms with Crippen molar-refractivity contribution in [2.75, 3.05) is 12.8 Å². The Kier molecular flexibility index (Phi) is 1.97. The minimum atomic E-state index is 0.591. The molecule has 0 aliphatic carbocycles. The zero-order valence-corrected chi connectivity index (χ0v) is 9.54. The Hall–Kier alpha value is -1.81. The van der Waals surface area contributed by atoms with Crippen molar-refractivity contribution in [2.45, 2.75) is 0 Å². The van der Waals surface area contributed by atoms with E-state index < -0.39 is 0 Å². The molecule has 0 spiro atoms. The maximum Gasteiger partial charge on any atom is 0.181 e. The average molecular weight is 230 g/mol. The predicted molar refractivity (Wildman–Crippen MR) is 68.1 cm³/mol. The number of benzene rings is 2. The van der Waals surface area contributed by atoms with E-state index in [1.54, 1.807) is 7.11 Å². The summed E-state index contributed by atoms with van der Waals surface area (Å²) in [6.07, 6.45) is 0. The molecule has 2 aromatic carbocycles. The second kappa shape index (κ2) is 3.35. The van der Waals surface area contributed by atoms with Crippen LogP contribution in [0.1, 0.15) is 0 Å². The second-order valence-electron chi connectivity index (χ2n) is 3.52. The number of nitrogens with two attached hydrogens (primary N) is 1. The number of fused-ring (bicyclic) bond motifs is 3. The molecule has 1 aromatic heterocycles.